The molecule has 0 aliphatic heterocycles. The normalized spacial score (nSPS) is 10.2. The molecule has 0 amide bonds. The number of aromatic nitrogens is 1. The van der Waals surface area contributed by atoms with E-state index in [1.54, 1.807) is 0 Å². The van der Waals surface area contributed by atoms with Crippen molar-refractivity contribution in [3.8, 4) is 0 Å². The molecule has 0 aliphatic rings. The Hall–Kier alpha value is -0.492. The minimum absolute atomic E-state index is 0.287. The van der Waals surface area contributed by atoms with Crippen LogP contribution in [0.2, 0.25) is 0 Å². The molecule has 0 aliphatic carbocycles. The number of pyridine rings is 1. The molecule has 0 aromatic carbocycles. The molecule has 0 unspecified atom stereocenters. The fourth-order valence-electron chi connectivity index (χ4n) is 0.905. The van der Waals surface area contributed by atoms with Crippen LogP contribution in [0.25, 0.3) is 0 Å². The zero-order chi connectivity index (χ0) is 9.14. The van der Waals surface area contributed by atoms with E-state index < -0.39 is 0 Å². The van der Waals surface area contributed by atoms with Gasteiger partial charge >= 0.3 is 83.0 Å². The summed E-state index contributed by atoms with van der Waals surface area (Å²) in [6.07, 6.45) is 1.95. The first-order valence-electron chi connectivity index (χ1n) is 3.89. The van der Waals surface area contributed by atoms with Crippen molar-refractivity contribution in [1.29, 1.82) is 5.41 Å². The second-order valence-corrected chi connectivity index (χ2v) is 4.45. The van der Waals surface area contributed by atoms with E-state index in [0.717, 1.165) is 0 Å². The Labute approximate surface area is 83.2 Å². The summed E-state index contributed by atoms with van der Waals surface area (Å²) in [5.74, 6) is 0.955. The monoisotopic (exact) mass is 332 g/mol. The van der Waals surface area contributed by atoms with Gasteiger partial charge in [-0.1, -0.05) is 0 Å². The molecular formula is C9H12N2W. The van der Waals surface area contributed by atoms with Gasteiger partial charge in [0, 0.05) is 0 Å². The average Bonchev–Trinajstić information content (AvgIpc) is 2.04. The first kappa shape index (κ1) is 9.60. The van der Waals surface area contributed by atoms with Gasteiger partial charge in [-0.15, -0.1) is 0 Å². The minimum atomic E-state index is 0.287. The maximum absolute atomic E-state index is 7.80. The van der Waals surface area contributed by atoms with Crippen LogP contribution in [-0.2, 0) is 19.4 Å². The molecule has 0 fully saturated rings. The third-order valence-electron chi connectivity index (χ3n) is 1.63. The Morgan fingerprint density at radius 3 is 2.67 bits per heavy atom. The predicted octanol–water partition coefficient (Wildman–Crippen LogP) is 2.05. The molecular weight excluding hydrogens is 320 g/mol. The van der Waals surface area contributed by atoms with E-state index in [1.165, 1.54) is 23.0 Å². The van der Waals surface area contributed by atoms with Gasteiger partial charge in [-0.2, -0.15) is 0 Å². The van der Waals surface area contributed by atoms with Gasteiger partial charge in [-0.05, 0) is 0 Å². The quantitative estimate of drug-likeness (QED) is 0.603. The molecule has 1 N–H and O–H groups in total. The van der Waals surface area contributed by atoms with Crippen molar-refractivity contribution in [2.45, 2.75) is 13.8 Å². The van der Waals surface area contributed by atoms with Crippen LogP contribution in [0.4, 0.5) is 0 Å². The van der Waals surface area contributed by atoms with Gasteiger partial charge in [0.15, 0.2) is 0 Å². The van der Waals surface area contributed by atoms with Gasteiger partial charge in [0.25, 0.3) is 0 Å². The molecule has 2 nitrogen and oxygen atoms in total. The molecule has 0 spiro atoms. The van der Waals surface area contributed by atoms with E-state index in [4.69, 9.17) is 5.41 Å². The number of nitrogens with one attached hydrogen (secondary N) is 1. The van der Waals surface area contributed by atoms with E-state index in [0.29, 0.717) is 5.84 Å². The summed E-state index contributed by atoms with van der Waals surface area (Å²) >= 11 is 1.40. The SMILES string of the molecule is CC(C)C(=N)n1cccc[c]1=[W]. The van der Waals surface area contributed by atoms with Crippen LogP contribution >= 0.6 is 0 Å². The van der Waals surface area contributed by atoms with E-state index in [9.17, 15) is 0 Å². The third kappa shape index (κ3) is 2.01. The number of hydrogen-bond donors (Lipinski definition) is 1. The zero-order valence-corrected chi connectivity index (χ0v) is 10.2. The summed E-state index contributed by atoms with van der Waals surface area (Å²) in [7, 11) is 0. The fraction of sp³-hybridized carbons (Fsp3) is 0.333. The fourth-order valence-corrected chi connectivity index (χ4v) is 1.76. The summed E-state index contributed by atoms with van der Waals surface area (Å²) < 4.78 is 3.14. The molecule has 1 aromatic heterocycles. The second-order valence-electron chi connectivity index (χ2n) is 2.95. The number of rotatable bonds is 1. The Kier molecular flexibility index (Phi) is 3.16. The van der Waals surface area contributed by atoms with Gasteiger partial charge in [-0.25, -0.2) is 0 Å². The molecule has 0 saturated carbocycles. The van der Waals surface area contributed by atoms with Crippen molar-refractivity contribution in [3.05, 3.63) is 28.1 Å². The predicted molar refractivity (Wildman–Crippen MR) is 45.6 cm³/mol. The zero-order valence-electron chi connectivity index (χ0n) is 7.24. The van der Waals surface area contributed by atoms with Crippen molar-refractivity contribution < 1.29 is 19.4 Å². The van der Waals surface area contributed by atoms with Crippen LogP contribution in [0, 0.1) is 15.0 Å². The molecule has 12 heavy (non-hydrogen) atoms. The standard InChI is InChI=1S/C9H12N2.W/c1-8(2)9(10)11-6-4-3-5-7-11;/h3-6,8,10H,1-2H3;. The summed E-state index contributed by atoms with van der Waals surface area (Å²) in [5.41, 5.74) is 0. The molecule has 64 valence electrons. The van der Waals surface area contributed by atoms with Gasteiger partial charge in [0.05, 0.1) is 0 Å². The van der Waals surface area contributed by atoms with E-state index >= 15 is 0 Å². The van der Waals surface area contributed by atoms with Crippen LogP contribution in [0.5, 0.6) is 0 Å². The molecule has 0 bridgehead atoms. The van der Waals surface area contributed by atoms with Crippen molar-refractivity contribution in [3.63, 3.8) is 0 Å². The molecule has 0 atom stereocenters. The molecule has 0 radical (unpaired) electrons. The molecule has 0 saturated heterocycles. The number of nitrogens with zero attached hydrogens (tertiary/aromatic N) is 1. The van der Waals surface area contributed by atoms with Crippen molar-refractivity contribution in [1.82, 2.24) is 4.57 Å². The van der Waals surface area contributed by atoms with Crippen LogP contribution in [-0.4, -0.2) is 10.4 Å². The van der Waals surface area contributed by atoms with Crippen molar-refractivity contribution >= 4 is 5.84 Å². The summed E-state index contributed by atoms with van der Waals surface area (Å²) in [4.78, 5) is 0. The van der Waals surface area contributed by atoms with Gasteiger partial charge in [0.1, 0.15) is 0 Å². The van der Waals surface area contributed by atoms with Crippen LogP contribution in [0.3, 0.4) is 0 Å². The molecule has 1 heterocycles. The van der Waals surface area contributed by atoms with Crippen molar-refractivity contribution in [2.24, 2.45) is 5.92 Å². The van der Waals surface area contributed by atoms with Crippen LogP contribution in [0.1, 0.15) is 13.8 Å². The summed E-state index contributed by atoms with van der Waals surface area (Å²) in [6, 6.07) is 6.02. The summed E-state index contributed by atoms with van der Waals surface area (Å²) in [5, 5.41) is 7.80. The Balaban J connectivity index is 3.12. The topological polar surface area (TPSA) is 28.8 Å². The summed E-state index contributed by atoms with van der Waals surface area (Å²) in [6.45, 7) is 4.08. The van der Waals surface area contributed by atoms with Gasteiger partial charge in [-0.3, -0.25) is 0 Å². The number of hydrogen-bond acceptors (Lipinski definition) is 1. The molecule has 3 heteroatoms. The van der Waals surface area contributed by atoms with E-state index in [1.807, 2.05) is 42.8 Å². The van der Waals surface area contributed by atoms with Crippen molar-refractivity contribution in [2.75, 3.05) is 0 Å². The first-order valence-corrected chi connectivity index (χ1v) is 5.36. The third-order valence-corrected chi connectivity index (χ3v) is 2.82. The second kappa shape index (κ2) is 3.95. The van der Waals surface area contributed by atoms with Crippen LogP contribution < -0.4 is 0 Å². The molecule has 1 rings (SSSR count). The van der Waals surface area contributed by atoms with Gasteiger partial charge in [0.2, 0.25) is 0 Å². The average molecular weight is 332 g/mol. The van der Waals surface area contributed by atoms with Gasteiger partial charge < -0.3 is 0 Å². The Morgan fingerprint density at radius 2 is 2.17 bits per heavy atom. The van der Waals surface area contributed by atoms with Crippen LogP contribution in [0.15, 0.2) is 24.4 Å². The molecule has 1 aromatic rings. The Morgan fingerprint density at radius 1 is 1.50 bits per heavy atom. The van der Waals surface area contributed by atoms with E-state index in [2.05, 4.69) is 0 Å². The maximum atomic E-state index is 7.80. The Bertz CT molecular complexity index is 338. The first-order chi connectivity index (χ1) is 5.63. The van der Waals surface area contributed by atoms with E-state index in [-0.39, 0.29) is 5.92 Å².